The number of ether oxygens (including phenoxy) is 3. The Bertz CT molecular complexity index is 807. The summed E-state index contributed by atoms with van der Waals surface area (Å²) in [5.74, 6) is -0.581. The van der Waals surface area contributed by atoms with Crippen molar-refractivity contribution in [3.8, 4) is 11.5 Å². The lowest BCUT2D eigenvalue weighted by Gasteiger charge is -2.18. The number of amides is 2. The Morgan fingerprint density at radius 1 is 1.00 bits per heavy atom. The molecule has 0 spiro atoms. The van der Waals surface area contributed by atoms with E-state index in [0.29, 0.717) is 17.2 Å². The molecule has 1 unspecified atom stereocenters. The van der Waals surface area contributed by atoms with E-state index in [0.717, 1.165) is 11.1 Å². The van der Waals surface area contributed by atoms with E-state index in [1.54, 1.807) is 25.3 Å². The standard InChI is InChI=1S/C20H24N2O5/c1-13-7-5-6-8-15(13)18(27-4)12-21-19(23)20(24)22-16-10-9-14(25-2)11-17(16)26-3/h5-11,18H,12H2,1-4H3,(H,21,23)(H,22,24). The van der Waals surface area contributed by atoms with Crippen molar-refractivity contribution in [2.45, 2.75) is 13.0 Å². The summed E-state index contributed by atoms with van der Waals surface area (Å²) in [6, 6.07) is 12.6. The van der Waals surface area contributed by atoms with Crippen molar-refractivity contribution in [2.75, 3.05) is 33.2 Å². The maximum absolute atomic E-state index is 12.2. The van der Waals surface area contributed by atoms with Crippen LogP contribution < -0.4 is 20.1 Å². The Labute approximate surface area is 158 Å². The highest BCUT2D eigenvalue weighted by atomic mass is 16.5. The van der Waals surface area contributed by atoms with Crippen molar-refractivity contribution >= 4 is 17.5 Å². The van der Waals surface area contributed by atoms with Gasteiger partial charge in [0, 0.05) is 19.7 Å². The molecule has 2 aromatic rings. The Hall–Kier alpha value is -3.06. The van der Waals surface area contributed by atoms with Gasteiger partial charge in [-0.05, 0) is 30.2 Å². The predicted molar refractivity (Wildman–Crippen MR) is 102 cm³/mol. The number of anilines is 1. The Kier molecular flexibility index (Phi) is 7.19. The SMILES string of the molecule is COc1ccc(NC(=O)C(=O)NCC(OC)c2ccccc2C)c(OC)c1. The lowest BCUT2D eigenvalue weighted by atomic mass is 10.0. The molecule has 0 fully saturated rings. The van der Waals surface area contributed by atoms with Gasteiger partial charge in [0.1, 0.15) is 11.5 Å². The molecule has 0 radical (unpaired) electrons. The molecule has 0 aliphatic carbocycles. The van der Waals surface area contributed by atoms with E-state index in [1.165, 1.54) is 14.2 Å². The van der Waals surface area contributed by atoms with E-state index in [9.17, 15) is 9.59 Å². The van der Waals surface area contributed by atoms with Crippen LogP contribution >= 0.6 is 0 Å². The van der Waals surface area contributed by atoms with Gasteiger partial charge in [-0.1, -0.05) is 24.3 Å². The minimum atomic E-state index is -0.793. The molecule has 0 aromatic heterocycles. The van der Waals surface area contributed by atoms with E-state index < -0.39 is 11.8 Å². The van der Waals surface area contributed by atoms with Gasteiger partial charge < -0.3 is 24.8 Å². The Morgan fingerprint density at radius 2 is 1.74 bits per heavy atom. The van der Waals surface area contributed by atoms with Crippen LogP contribution in [0.15, 0.2) is 42.5 Å². The van der Waals surface area contributed by atoms with Crippen molar-refractivity contribution in [2.24, 2.45) is 0 Å². The van der Waals surface area contributed by atoms with Gasteiger partial charge in [-0.25, -0.2) is 0 Å². The fourth-order valence-corrected chi connectivity index (χ4v) is 2.61. The third kappa shape index (κ3) is 5.21. The van der Waals surface area contributed by atoms with Gasteiger partial charge in [0.05, 0.1) is 26.0 Å². The summed E-state index contributed by atoms with van der Waals surface area (Å²) in [6.45, 7) is 2.14. The van der Waals surface area contributed by atoms with Crippen molar-refractivity contribution in [3.05, 3.63) is 53.6 Å². The van der Waals surface area contributed by atoms with Crippen LogP contribution in [0.1, 0.15) is 17.2 Å². The lowest BCUT2D eigenvalue weighted by molar-refractivity contribution is -0.136. The van der Waals surface area contributed by atoms with Crippen LogP contribution in [0.25, 0.3) is 0 Å². The molecule has 2 amide bonds. The number of rotatable bonds is 7. The molecule has 7 nitrogen and oxygen atoms in total. The molecule has 0 aliphatic rings. The second-order valence-electron chi connectivity index (χ2n) is 5.81. The first-order valence-corrected chi connectivity index (χ1v) is 8.39. The van der Waals surface area contributed by atoms with Gasteiger partial charge in [-0.3, -0.25) is 9.59 Å². The molecular formula is C20H24N2O5. The first kappa shape index (κ1) is 20.3. The van der Waals surface area contributed by atoms with Gasteiger partial charge >= 0.3 is 11.8 Å². The molecular weight excluding hydrogens is 348 g/mol. The summed E-state index contributed by atoms with van der Waals surface area (Å²) >= 11 is 0. The number of carbonyl (C=O) groups excluding carboxylic acids is 2. The molecule has 0 aliphatic heterocycles. The van der Waals surface area contributed by atoms with Gasteiger partial charge in [0.15, 0.2) is 0 Å². The van der Waals surface area contributed by atoms with Crippen molar-refractivity contribution in [1.29, 1.82) is 0 Å². The molecule has 0 bridgehead atoms. The van der Waals surface area contributed by atoms with E-state index in [-0.39, 0.29) is 12.6 Å². The fourth-order valence-electron chi connectivity index (χ4n) is 2.61. The number of hydrogen-bond acceptors (Lipinski definition) is 5. The molecule has 1 atom stereocenters. The minimum Gasteiger partial charge on any atom is -0.497 e. The normalized spacial score (nSPS) is 11.4. The number of aryl methyl sites for hydroxylation is 1. The maximum Gasteiger partial charge on any atom is 0.313 e. The molecule has 0 heterocycles. The van der Waals surface area contributed by atoms with Gasteiger partial charge in [0.2, 0.25) is 0 Å². The summed E-state index contributed by atoms with van der Waals surface area (Å²) < 4.78 is 15.8. The average Bonchev–Trinajstić information content (AvgIpc) is 2.69. The van der Waals surface area contributed by atoms with E-state index in [4.69, 9.17) is 14.2 Å². The highest BCUT2D eigenvalue weighted by molar-refractivity contribution is 6.39. The first-order valence-electron chi connectivity index (χ1n) is 8.39. The van der Waals surface area contributed by atoms with E-state index in [2.05, 4.69) is 10.6 Å². The molecule has 0 saturated carbocycles. The second kappa shape index (κ2) is 9.59. The van der Waals surface area contributed by atoms with Gasteiger partial charge in [-0.2, -0.15) is 0 Å². The monoisotopic (exact) mass is 372 g/mol. The summed E-state index contributed by atoms with van der Waals surface area (Å²) in [6.07, 6.45) is -0.349. The van der Waals surface area contributed by atoms with E-state index >= 15 is 0 Å². The largest absolute Gasteiger partial charge is 0.497 e. The molecule has 27 heavy (non-hydrogen) atoms. The highest BCUT2D eigenvalue weighted by Crippen LogP contribution is 2.29. The zero-order valence-electron chi connectivity index (χ0n) is 15.9. The quantitative estimate of drug-likeness (QED) is 0.729. The van der Waals surface area contributed by atoms with Crippen molar-refractivity contribution in [3.63, 3.8) is 0 Å². The zero-order chi connectivity index (χ0) is 19.8. The highest BCUT2D eigenvalue weighted by Gasteiger charge is 2.19. The third-order valence-corrected chi connectivity index (χ3v) is 4.13. The molecule has 0 saturated heterocycles. The third-order valence-electron chi connectivity index (χ3n) is 4.13. The molecule has 144 valence electrons. The number of methoxy groups -OCH3 is 3. The second-order valence-corrected chi connectivity index (χ2v) is 5.81. The average molecular weight is 372 g/mol. The Balaban J connectivity index is 1.99. The molecule has 2 rings (SSSR count). The fraction of sp³-hybridized carbons (Fsp3) is 0.300. The first-order chi connectivity index (χ1) is 13.0. The van der Waals surface area contributed by atoms with Crippen molar-refractivity contribution < 1.29 is 23.8 Å². The topological polar surface area (TPSA) is 85.9 Å². The zero-order valence-corrected chi connectivity index (χ0v) is 15.9. The minimum absolute atomic E-state index is 0.174. The van der Waals surface area contributed by atoms with Crippen LogP contribution in [0.3, 0.4) is 0 Å². The smallest absolute Gasteiger partial charge is 0.313 e. The van der Waals surface area contributed by atoms with E-state index in [1.807, 2.05) is 31.2 Å². The summed E-state index contributed by atoms with van der Waals surface area (Å²) in [5.41, 5.74) is 2.38. The van der Waals surface area contributed by atoms with Crippen LogP contribution in [0, 0.1) is 6.92 Å². The number of hydrogen-bond donors (Lipinski definition) is 2. The predicted octanol–water partition coefficient (Wildman–Crippen LogP) is 2.45. The molecule has 7 heteroatoms. The number of carbonyl (C=O) groups is 2. The van der Waals surface area contributed by atoms with Crippen LogP contribution in [-0.2, 0) is 14.3 Å². The lowest BCUT2D eigenvalue weighted by Crippen LogP contribution is -2.38. The summed E-state index contributed by atoms with van der Waals surface area (Å²) in [4.78, 5) is 24.4. The van der Waals surface area contributed by atoms with Crippen LogP contribution in [-0.4, -0.2) is 39.7 Å². The van der Waals surface area contributed by atoms with Crippen LogP contribution in [0.2, 0.25) is 0 Å². The van der Waals surface area contributed by atoms with Gasteiger partial charge in [0.25, 0.3) is 0 Å². The van der Waals surface area contributed by atoms with Crippen LogP contribution in [0.4, 0.5) is 5.69 Å². The number of nitrogens with one attached hydrogen (secondary N) is 2. The molecule has 2 aromatic carbocycles. The van der Waals surface area contributed by atoms with Gasteiger partial charge in [-0.15, -0.1) is 0 Å². The summed E-state index contributed by atoms with van der Waals surface area (Å²) in [7, 11) is 4.56. The molecule has 2 N–H and O–H groups in total. The number of benzene rings is 2. The van der Waals surface area contributed by atoms with Crippen LogP contribution in [0.5, 0.6) is 11.5 Å². The van der Waals surface area contributed by atoms with Crippen molar-refractivity contribution in [1.82, 2.24) is 5.32 Å². The Morgan fingerprint density at radius 3 is 2.37 bits per heavy atom. The maximum atomic E-state index is 12.2. The summed E-state index contributed by atoms with van der Waals surface area (Å²) in [5, 5.41) is 5.13.